The molecule has 2 aromatic carbocycles. The highest BCUT2D eigenvalue weighted by Crippen LogP contribution is 2.64. The van der Waals surface area contributed by atoms with Crippen LogP contribution in [0.5, 0.6) is 0 Å². The standard InChI is InChI=1S/C17H20FN3O2S/c1-19-12-6-7-13-20-16-10-4-5-11-17(16)21(24(20,22)23)15-9-3-2-8-14(15)18/h2-11,19,22-23H,12-13H2,1H3. The molecule has 7 heteroatoms. The Kier molecular flexibility index (Phi) is 4.77. The summed E-state index contributed by atoms with van der Waals surface area (Å²) in [6, 6.07) is 13.3. The molecule has 0 spiro atoms. The largest absolute Gasteiger partial charge is 0.316 e. The van der Waals surface area contributed by atoms with Crippen LogP contribution in [0, 0.1) is 5.82 Å². The molecule has 2 aromatic rings. The first-order valence-electron chi connectivity index (χ1n) is 7.56. The molecule has 24 heavy (non-hydrogen) atoms. The van der Waals surface area contributed by atoms with Gasteiger partial charge in [0, 0.05) is 6.54 Å². The number of rotatable bonds is 5. The van der Waals surface area contributed by atoms with Crippen LogP contribution in [0.25, 0.3) is 0 Å². The van der Waals surface area contributed by atoms with Crippen molar-refractivity contribution in [3.05, 3.63) is 66.5 Å². The number of anilines is 3. The molecule has 0 bridgehead atoms. The molecule has 0 fully saturated rings. The molecule has 0 amide bonds. The van der Waals surface area contributed by atoms with E-state index >= 15 is 0 Å². The summed E-state index contributed by atoms with van der Waals surface area (Å²) in [4.78, 5) is 0. The molecule has 1 aliphatic heterocycles. The molecule has 0 aliphatic carbocycles. The third-order valence-electron chi connectivity index (χ3n) is 3.74. The second kappa shape index (κ2) is 6.82. The zero-order chi connectivity index (χ0) is 17.2. The van der Waals surface area contributed by atoms with E-state index in [1.54, 1.807) is 36.4 Å². The minimum atomic E-state index is -3.39. The Balaban J connectivity index is 2.03. The second-order valence-electron chi connectivity index (χ2n) is 5.31. The Morgan fingerprint density at radius 3 is 2.29 bits per heavy atom. The van der Waals surface area contributed by atoms with E-state index in [-0.39, 0.29) is 5.69 Å². The first-order valence-corrected chi connectivity index (χ1v) is 9.03. The van der Waals surface area contributed by atoms with Gasteiger partial charge in [-0.3, -0.25) is 9.11 Å². The van der Waals surface area contributed by atoms with Gasteiger partial charge in [-0.15, -0.1) is 0 Å². The number of halogens is 1. The van der Waals surface area contributed by atoms with Crippen LogP contribution >= 0.6 is 11.0 Å². The monoisotopic (exact) mass is 349 g/mol. The molecule has 3 rings (SSSR count). The summed E-state index contributed by atoms with van der Waals surface area (Å²) in [5.74, 6) is -0.500. The molecular weight excluding hydrogens is 329 g/mol. The lowest BCUT2D eigenvalue weighted by Gasteiger charge is -2.43. The van der Waals surface area contributed by atoms with Crippen molar-refractivity contribution in [2.45, 2.75) is 0 Å². The maximum Gasteiger partial charge on any atom is 0.148 e. The van der Waals surface area contributed by atoms with Crippen LogP contribution < -0.4 is 13.9 Å². The summed E-state index contributed by atoms with van der Waals surface area (Å²) in [5, 5.41) is 2.99. The van der Waals surface area contributed by atoms with E-state index in [0.29, 0.717) is 24.5 Å². The Morgan fingerprint density at radius 1 is 1.00 bits per heavy atom. The summed E-state index contributed by atoms with van der Waals surface area (Å²) >= 11 is 0. The van der Waals surface area contributed by atoms with Crippen LogP contribution in [-0.4, -0.2) is 29.2 Å². The number of nitrogens with one attached hydrogen (secondary N) is 1. The normalized spacial score (nSPS) is 17.3. The van der Waals surface area contributed by atoms with Gasteiger partial charge >= 0.3 is 0 Å². The molecule has 3 N–H and O–H groups in total. The van der Waals surface area contributed by atoms with Crippen LogP contribution in [0.4, 0.5) is 21.5 Å². The van der Waals surface area contributed by atoms with E-state index in [2.05, 4.69) is 5.32 Å². The third kappa shape index (κ3) is 2.87. The van der Waals surface area contributed by atoms with Crippen molar-refractivity contribution in [1.82, 2.24) is 5.32 Å². The lowest BCUT2D eigenvalue weighted by Crippen LogP contribution is -2.31. The van der Waals surface area contributed by atoms with E-state index in [1.165, 1.54) is 14.7 Å². The number of hydrogen-bond donors (Lipinski definition) is 3. The molecule has 5 nitrogen and oxygen atoms in total. The predicted octanol–water partition coefficient (Wildman–Crippen LogP) is 4.14. The molecular formula is C17H20FN3O2S. The number of nitrogens with zero attached hydrogens (tertiary/aromatic N) is 2. The van der Waals surface area contributed by atoms with Crippen LogP contribution in [-0.2, 0) is 0 Å². The van der Waals surface area contributed by atoms with Gasteiger partial charge < -0.3 is 5.32 Å². The highest BCUT2D eigenvalue weighted by molar-refractivity contribution is 8.27. The van der Waals surface area contributed by atoms with Gasteiger partial charge in [-0.2, -0.15) is 0 Å². The molecule has 128 valence electrons. The maximum atomic E-state index is 14.3. The molecule has 0 saturated heterocycles. The lowest BCUT2D eigenvalue weighted by atomic mass is 10.2. The van der Waals surface area contributed by atoms with Crippen molar-refractivity contribution in [3.8, 4) is 0 Å². The van der Waals surface area contributed by atoms with Crippen molar-refractivity contribution in [2.75, 3.05) is 28.7 Å². The molecule has 1 heterocycles. The first kappa shape index (κ1) is 16.8. The Bertz CT molecular complexity index is 754. The van der Waals surface area contributed by atoms with Crippen molar-refractivity contribution in [1.29, 1.82) is 0 Å². The quantitative estimate of drug-likeness (QED) is 0.708. The van der Waals surface area contributed by atoms with E-state index < -0.39 is 16.8 Å². The minimum Gasteiger partial charge on any atom is -0.316 e. The highest BCUT2D eigenvalue weighted by atomic mass is 32.3. The second-order valence-corrected chi connectivity index (χ2v) is 7.10. The van der Waals surface area contributed by atoms with Gasteiger partial charge in [0.2, 0.25) is 0 Å². The minimum absolute atomic E-state index is 0.145. The summed E-state index contributed by atoms with van der Waals surface area (Å²) in [6.07, 6.45) is 3.76. The summed E-state index contributed by atoms with van der Waals surface area (Å²) in [6.45, 7) is 0.998. The molecule has 0 aromatic heterocycles. The van der Waals surface area contributed by atoms with Crippen molar-refractivity contribution in [3.63, 3.8) is 0 Å². The SMILES string of the molecule is CNCC=CCN1c2ccccc2N(c2ccccc2F)S1(O)O. The van der Waals surface area contributed by atoms with E-state index in [1.807, 2.05) is 25.3 Å². The Labute approximate surface area is 142 Å². The van der Waals surface area contributed by atoms with E-state index in [9.17, 15) is 13.5 Å². The molecule has 0 unspecified atom stereocenters. The average molecular weight is 349 g/mol. The van der Waals surface area contributed by atoms with Crippen LogP contribution in [0.15, 0.2) is 60.7 Å². The van der Waals surface area contributed by atoms with E-state index in [0.717, 1.165) is 0 Å². The molecule has 0 saturated carbocycles. The van der Waals surface area contributed by atoms with Gasteiger partial charge in [0.15, 0.2) is 0 Å². The summed E-state index contributed by atoms with van der Waals surface area (Å²) in [5.41, 5.74) is 1.38. The fourth-order valence-electron chi connectivity index (χ4n) is 2.66. The van der Waals surface area contributed by atoms with Crippen molar-refractivity contribution in [2.24, 2.45) is 0 Å². The fourth-order valence-corrected chi connectivity index (χ4v) is 4.39. The van der Waals surface area contributed by atoms with Gasteiger partial charge in [-0.25, -0.2) is 13.0 Å². The van der Waals surface area contributed by atoms with Crippen LogP contribution in [0.2, 0.25) is 0 Å². The summed E-state index contributed by atoms with van der Waals surface area (Å²) in [7, 11) is -1.56. The van der Waals surface area contributed by atoms with Crippen LogP contribution in [0.1, 0.15) is 0 Å². The number of para-hydroxylation sites is 3. The Hall–Kier alpha value is -2.06. The number of fused-ring (bicyclic) bond motifs is 1. The topological polar surface area (TPSA) is 59.0 Å². The van der Waals surface area contributed by atoms with Gasteiger partial charge in [0.25, 0.3) is 0 Å². The maximum absolute atomic E-state index is 14.3. The lowest BCUT2D eigenvalue weighted by molar-refractivity contribution is 0.485. The predicted molar refractivity (Wildman–Crippen MR) is 98.2 cm³/mol. The smallest absolute Gasteiger partial charge is 0.148 e. The molecule has 1 aliphatic rings. The van der Waals surface area contributed by atoms with Crippen molar-refractivity contribution < 1.29 is 13.5 Å². The van der Waals surface area contributed by atoms with Gasteiger partial charge in [0.05, 0.1) is 17.9 Å². The van der Waals surface area contributed by atoms with Gasteiger partial charge in [-0.1, -0.05) is 36.4 Å². The number of likely N-dealkylation sites (N-methyl/N-ethyl adjacent to an activating group) is 1. The zero-order valence-electron chi connectivity index (χ0n) is 13.3. The zero-order valence-corrected chi connectivity index (χ0v) is 14.1. The summed E-state index contributed by atoms with van der Waals surface area (Å²) < 4.78 is 38.7. The third-order valence-corrected chi connectivity index (χ3v) is 5.56. The number of hydrogen-bond acceptors (Lipinski definition) is 5. The number of benzene rings is 2. The first-order chi connectivity index (χ1) is 11.6. The Morgan fingerprint density at radius 2 is 1.62 bits per heavy atom. The van der Waals surface area contributed by atoms with Gasteiger partial charge in [-0.05, 0) is 42.3 Å². The highest BCUT2D eigenvalue weighted by Gasteiger charge is 2.41. The van der Waals surface area contributed by atoms with E-state index in [4.69, 9.17) is 0 Å². The van der Waals surface area contributed by atoms with Crippen molar-refractivity contribution >= 4 is 28.0 Å². The molecule has 0 atom stereocenters. The average Bonchev–Trinajstić information content (AvgIpc) is 2.79. The fraction of sp³-hybridized carbons (Fsp3) is 0.176. The molecule has 0 radical (unpaired) electrons. The van der Waals surface area contributed by atoms with Crippen LogP contribution in [0.3, 0.4) is 0 Å². The van der Waals surface area contributed by atoms with Gasteiger partial charge in [0.1, 0.15) is 11.5 Å².